The molecule has 0 amide bonds. The van der Waals surface area contributed by atoms with Crippen molar-refractivity contribution in [2.24, 2.45) is 5.92 Å². The summed E-state index contributed by atoms with van der Waals surface area (Å²) in [6.07, 6.45) is 4.25. The Morgan fingerprint density at radius 2 is 1.92 bits per heavy atom. The third-order valence-electron chi connectivity index (χ3n) is 1.61. The summed E-state index contributed by atoms with van der Waals surface area (Å²) < 4.78 is 24.2. The fraction of sp³-hybridized carbons (Fsp3) is 1.00. The van der Waals surface area contributed by atoms with E-state index in [1.807, 2.05) is 0 Å². The minimum atomic E-state index is -2.33. The first-order valence-corrected chi connectivity index (χ1v) is 5.35. The molecule has 0 aliphatic heterocycles. The normalized spacial score (nSPS) is 12.6. The molecule has 13 heavy (non-hydrogen) atoms. The van der Waals surface area contributed by atoms with Crippen LogP contribution in [0.2, 0.25) is 0 Å². The Kier molecular flexibility index (Phi) is 13.3. The molecule has 0 aliphatic carbocycles. The van der Waals surface area contributed by atoms with Crippen LogP contribution in [0.3, 0.4) is 0 Å². The van der Waals surface area contributed by atoms with Crippen LogP contribution in [-0.4, -0.2) is 15.4 Å². The van der Waals surface area contributed by atoms with Crippen molar-refractivity contribution >= 4 is 11.4 Å². The summed E-state index contributed by atoms with van der Waals surface area (Å²) >= 11 is -2.33. The van der Waals surface area contributed by atoms with Gasteiger partial charge in [0.05, 0.1) is 18.0 Å². The van der Waals surface area contributed by atoms with Gasteiger partial charge in [0, 0.05) is 0 Å². The predicted molar refractivity (Wildman–Crippen MR) is 48.2 cm³/mol. The molecule has 0 fully saturated rings. The smallest absolute Gasteiger partial charge is 0.750 e. The molecule has 0 N–H and O–H groups in total. The van der Waals surface area contributed by atoms with Crippen LogP contribution in [0.25, 0.3) is 0 Å². The van der Waals surface area contributed by atoms with E-state index in [0.717, 1.165) is 25.2 Å². The molecule has 1 unspecified atom stereocenters. The van der Waals surface area contributed by atoms with Crippen LogP contribution in [-0.2, 0) is 15.5 Å². The van der Waals surface area contributed by atoms with E-state index in [1.165, 1.54) is 6.42 Å². The van der Waals surface area contributed by atoms with Gasteiger partial charge in [0.25, 0.3) is 0 Å². The number of rotatable bonds is 7. The molecule has 1 atom stereocenters. The van der Waals surface area contributed by atoms with Gasteiger partial charge < -0.3 is 8.74 Å². The van der Waals surface area contributed by atoms with E-state index < -0.39 is 11.4 Å². The molecule has 0 aromatic heterocycles. The first-order chi connectivity index (χ1) is 5.63. The van der Waals surface area contributed by atoms with Crippen molar-refractivity contribution in [3.8, 4) is 0 Å². The van der Waals surface area contributed by atoms with Gasteiger partial charge in [0.1, 0.15) is 0 Å². The van der Waals surface area contributed by atoms with Gasteiger partial charge in [-0.1, -0.05) is 33.1 Å². The molecule has 5 heteroatoms. The topological polar surface area (TPSA) is 49.4 Å². The van der Waals surface area contributed by atoms with E-state index in [4.69, 9.17) is 0 Å². The molecule has 0 bridgehead atoms. The molecule has 3 nitrogen and oxygen atoms in total. The fourth-order valence-corrected chi connectivity index (χ4v) is 1.21. The molecule has 0 spiro atoms. The Bertz CT molecular complexity index is 131. The van der Waals surface area contributed by atoms with E-state index in [9.17, 15) is 8.76 Å². The van der Waals surface area contributed by atoms with Crippen LogP contribution in [0.4, 0.5) is 0 Å². The zero-order valence-electron chi connectivity index (χ0n) is 8.75. The molecule has 0 aliphatic rings. The second-order valence-corrected chi connectivity index (χ2v) is 3.91. The molecule has 0 heterocycles. The minimum absolute atomic E-state index is 0. The molecule has 74 valence electrons. The molecular weight excluding hydrogens is 183 g/mol. The Morgan fingerprint density at radius 3 is 2.38 bits per heavy atom. The van der Waals surface area contributed by atoms with Crippen molar-refractivity contribution in [3.05, 3.63) is 0 Å². The minimum Gasteiger partial charge on any atom is -0.750 e. The molecular formula is C8H17LiO3S. The average Bonchev–Trinajstić information content (AvgIpc) is 1.95. The van der Waals surface area contributed by atoms with Gasteiger partial charge >= 0.3 is 18.9 Å². The first kappa shape index (κ1) is 16.1. The van der Waals surface area contributed by atoms with Crippen molar-refractivity contribution in [1.82, 2.24) is 0 Å². The average molecular weight is 200 g/mol. The van der Waals surface area contributed by atoms with Gasteiger partial charge in [-0.3, -0.25) is 0 Å². The largest absolute Gasteiger partial charge is 1.00 e. The summed E-state index contributed by atoms with van der Waals surface area (Å²) in [6.45, 7) is 4.70. The molecule has 0 radical (unpaired) electrons. The Balaban J connectivity index is 0. The van der Waals surface area contributed by atoms with E-state index >= 15 is 0 Å². The van der Waals surface area contributed by atoms with Crippen molar-refractivity contribution in [2.45, 2.75) is 39.5 Å². The third-order valence-corrected chi connectivity index (χ3v) is 1.96. The van der Waals surface area contributed by atoms with Gasteiger partial charge in [-0.25, -0.2) is 4.21 Å². The van der Waals surface area contributed by atoms with Crippen molar-refractivity contribution in [3.63, 3.8) is 0 Å². The zero-order valence-corrected chi connectivity index (χ0v) is 9.56. The van der Waals surface area contributed by atoms with Gasteiger partial charge in [0.15, 0.2) is 0 Å². The Labute approximate surface area is 95.3 Å². The van der Waals surface area contributed by atoms with Crippen LogP contribution in [0, 0.1) is 5.92 Å². The van der Waals surface area contributed by atoms with E-state index in [2.05, 4.69) is 18.0 Å². The SMILES string of the molecule is CC(C)CCCCCOS(=O)[O-].[Li+]. The van der Waals surface area contributed by atoms with Crippen molar-refractivity contribution in [2.75, 3.05) is 6.61 Å². The van der Waals surface area contributed by atoms with Crippen LogP contribution in [0.5, 0.6) is 0 Å². The van der Waals surface area contributed by atoms with Crippen LogP contribution in [0.15, 0.2) is 0 Å². The quantitative estimate of drug-likeness (QED) is 0.301. The predicted octanol–water partition coefficient (Wildman–Crippen LogP) is -0.982. The monoisotopic (exact) mass is 200 g/mol. The van der Waals surface area contributed by atoms with Gasteiger partial charge in [0.2, 0.25) is 0 Å². The summed E-state index contributed by atoms with van der Waals surface area (Å²) in [5, 5.41) is 0. The van der Waals surface area contributed by atoms with Crippen LogP contribution in [0.1, 0.15) is 39.5 Å². The zero-order chi connectivity index (χ0) is 9.40. The van der Waals surface area contributed by atoms with Crippen molar-refractivity contribution in [1.29, 1.82) is 0 Å². The van der Waals surface area contributed by atoms with E-state index in [0.29, 0.717) is 6.61 Å². The Hall–Kier alpha value is 0.667. The molecule has 0 rings (SSSR count). The summed E-state index contributed by atoms with van der Waals surface area (Å²) in [5.74, 6) is 0.736. The number of unbranched alkanes of at least 4 members (excludes halogenated alkanes) is 2. The van der Waals surface area contributed by atoms with E-state index in [1.54, 1.807) is 0 Å². The van der Waals surface area contributed by atoms with E-state index in [-0.39, 0.29) is 18.9 Å². The maximum absolute atomic E-state index is 9.92. The molecule has 0 saturated carbocycles. The van der Waals surface area contributed by atoms with Gasteiger partial charge in [-0.2, -0.15) is 0 Å². The maximum atomic E-state index is 9.92. The first-order valence-electron chi connectivity index (χ1n) is 4.35. The van der Waals surface area contributed by atoms with Crippen LogP contribution >= 0.6 is 0 Å². The standard InChI is InChI=1S/C8H18O3S.Li/c1-8(2)6-4-3-5-7-11-12(9)10;/h8H,3-7H2,1-2H3,(H,9,10);/q;+1/p-1. The number of hydrogen-bond acceptors (Lipinski definition) is 3. The summed E-state index contributed by atoms with van der Waals surface area (Å²) in [5.41, 5.74) is 0. The molecule has 0 aromatic carbocycles. The second kappa shape index (κ2) is 10.7. The molecule has 0 aromatic rings. The summed E-state index contributed by atoms with van der Waals surface area (Å²) in [4.78, 5) is 0. The summed E-state index contributed by atoms with van der Waals surface area (Å²) in [7, 11) is 0. The van der Waals surface area contributed by atoms with Gasteiger partial charge in [-0.05, 0) is 12.3 Å². The third kappa shape index (κ3) is 15.4. The fourth-order valence-electron chi connectivity index (χ4n) is 0.958. The molecule has 0 saturated heterocycles. The van der Waals surface area contributed by atoms with Crippen molar-refractivity contribution < 1.29 is 31.8 Å². The summed E-state index contributed by atoms with van der Waals surface area (Å²) in [6, 6.07) is 0. The number of hydrogen-bond donors (Lipinski definition) is 0. The Morgan fingerprint density at radius 1 is 1.31 bits per heavy atom. The second-order valence-electron chi connectivity index (χ2n) is 3.27. The maximum Gasteiger partial charge on any atom is 1.00 e. The van der Waals surface area contributed by atoms with Gasteiger partial charge in [-0.15, -0.1) is 0 Å². The van der Waals surface area contributed by atoms with Crippen LogP contribution < -0.4 is 18.9 Å².